The molecule has 0 aliphatic rings. The second kappa shape index (κ2) is 8.39. The minimum Gasteiger partial charge on any atom is -0.314 e. The second-order valence-electron chi connectivity index (χ2n) is 5.25. The molecule has 1 aromatic rings. The van der Waals surface area contributed by atoms with Gasteiger partial charge in [0.15, 0.2) is 0 Å². The predicted molar refractivity (Wildman–Crippen MR) is 83.4 cm³/mol. The molecule has 20 heavy (non-hydrogen) atoms. The van der Waals surface area contributed by atoms with Gasteiger partial charge in [0.25, 0.3) is 0 Å². The molecule has 0 saturated heterocycles. The Balaban J connectivity index is 2.56. The average molecular weight is 298 g/mol. The van der Waals surface area contributed by atoms with Crippen LogP contribution in [0.5, 0.6) is 0 Å². The van der Waals surface area contributed by atoms with E-state index in [9.17, 15) is 8.42 Å². The molecule has 0 amide bonds. The van der Waals surface area contributed by atoms with Crippen LogP contribution in [0.1, 0.15) is 39.2 Å². The topological polar surface area (TPSA) is 58.2 Å². The van der Waals surface area contributed by atoms with Crippen LogP contribution in [-0.2, 0) is 16.4 Å². The van der Waals surface area contributed by atoms with E-state index in [1.807, 2.05) is 19.1 Å². The van der Waals surface area contributed by atoms with Crippen molar-refractivity contribution in [1.29, 1.82) is 0 Å². The summed E-state index contributed by atoms with van der Waals surface area (Å²) in [5, 5.41) is 3.34. The predicted octanol–water partition coefficient (Wildman–Crippen LogP) is 2.31. The molecule has 1 rings (SSSR count). The highest BCUT2D eigenvalue weighted by atomic mass is 32.2. The molecule has 0 aliphatic carbocycles. The van der Waals surface area contributed by atoms with Gasteiger partial charge in [0, 0.05) is 12.6 Å². The van der Waals surface area contributed by atoms with Gasteiger partial charge in [0.1, 0.15) is 0 Å². The number of hydrogen-bond donors (Lipinski definition) is 2. The minimum atomic E-state index is -3.35. The van der Waals surface area contributed by atoms with Crippen molar-refractivity contribution < 1.29 is 8.42 Å². The molecule has 0 aromatic heterocycles. The molecule has 0 spiro atoms. The van der Waals surface area contributed by atoms with E-state index in [1.54, 1.807) is 12.1 Å². The zero-order valence-electron chi connectivity index (χ0n) is 12.6. The van der Waals surface area contributed by atoms with Crippen LogP contribution in [0.4, 0.5) is 0 Å². The molecule has 0 heterocycles. The van der Waals surface area contributed by atoms with Gasteiger partial charge < -0.3 is 5.32 Å². The first-order valence-electron chi connectivity index (χ1n) is 7.27. The maximum Gasteiger partial charge on any atom is 0.240 e. The first-order valence-corrected chi connectivity index (χ1v) is 8.76. The minimum absolute atomic E-state index is 0.342. The van der Waals surface area contributed by atoms with Crippen LogP contribution >= 0.6 is 0 Å². The first-order chi connectivity index (χ1) is 9.45. The smallest absolute Gasteiger partial charge is 0.240 e. The molecule has 0 radical (unpaired) electrons. The molecular weight excluding hydrogens is 272 g/mol. The lowest BCUT2D eigenvalue weighted by atomic mass is 10.1. The second-order valence-corrected chi connectivity index (χ2v) is 7.02. The first kappa shape index (κ1) is 17.1. The summed E-state index contributed by atoms with van der Waals surface area (Å²) in [6.07, 6.45) is 2.74. The van der Waals surface area contributed by atoms with Gasteiger partial charge in [-0.2, -0.15) is 0 Å². The molecule has 0 unspecified atom stereocenters. The Morgan fingerprint density at radius 2 is 1.75 bits per heavy atom. The quantitative estimate of drug-likeness (QED) is 0.688. The highest BCUT2D eigenvalue weighted by Gasteiger charge is 2.12. The lowest BCUT2D eigenvalue weighted by Crippen LogP contribution is -2.25. The van der Waals surface area contributed by atoms with Gasteiger partial charge in [-0.3, -0.25) is 0 Å². The lowest BCUT2D eigenvalue weighted by molar-refractivity contribution is 0.578. The normalized spacial score (nSPS) is 12.0. The van der Waals surface area contributed by atoms with Gasteiger partial charge in [-0.05, 0) is 37.1 Å². The van der Waals surface area contributed by atoms with Gasteiger partial charge in [-0.25, -0.2) is 13.1 Å². The third-order valence-electron chi connectivity index (χ3n) is 3.02. The fourth-order valence-electron chi connectivity index (χ4n) is 1.81. The highest BCUT2D eigenvalue weighted by Crippen LogP contribution is 2.11. The van der Waals surface area contributed by atoms with Crippen molar-refractivity contribution in [3.63, 3.8) is 0 Å². The summed E-state index contributed by atoms with van der Waals surface area (Å²) < 4.78 is 26.6. The Hall–Kier alpha value is -0.910. The summed E-state index contributed by atoms with van der Waals surface area (Å²) >= 11 is 0. The molecule has 0 fully saturated rings. The number of sulfonamides is 1. The lowest BCUT2D eigenvalue weighted by Gasteiger charge is -2.09. The van der Waals surface area contributed by atoms with Crippen molar-refractivity contribution in [3.05, 3.63) is 29.8 Å². The fraction of sp³-hybridized carbons (Fsp3) is 0.600. The maximum atomic E-state index is 12.0. The van der Waals surface area contributed by atoms with Gasteiger partial charge in [-0.1, -0.05) is 39.3 Å². The van der Waals surface area contributed by atoms with Crippen LogP contribution in [0.15, 0.2) is 29.2 Å². The highest BCUT2D eigenvalue weighted by molar-refractivity contribution is 7.89. The Kier molecular flexibility index (Phi) is 7.19. The molecule has 5 heteroatoms. The summed E-state index contributed by atoms with van der Waals surface area (Å²) in [7, 11) is -3.35. The zero-order valence-corrected chi connectivity index (χ0v) is 13.5. The molecule has 2 N–H and O–H groups in total. The summed E-state index contributed by atoms with van der Waals surface area (Å²) in [5.74, 6) is 0. The largest absolute Gasteiger partial charge is 0.314 e. The molecule has 114 valence electrons. The summed E-state index contributed by atoms with van der Waals surface area (Å²) in [6.45, 7) is 7.65. The third-order valence-corrected chi connectivity index (χ3v) is 4.50. The van der Waals surface area contributed by atoms with Gasteiger partial charge >= 0.3 is 0 Å². The van der Waals surface area contributed by atoms with E-state index in [2.05, 4.69) is 23.9 Å². The summed E-state index contributed by atoms with van der Waals surface area (Å²) in [6, 6.07) is 7.60. The van der Waals surface area contributed by atoms with Crippen LogP contribution in [-0.4, -0.2) is 27.5 Å². The van der Waals surface area contributed by atoms with Gasteiger partial charge in [0.2, 0.25) is 10.0 Å². The Bertz CT molecular complexity index is 481. The Morgan fingerprint density at radius 1 is 1.10 bits per heavy atom. The van der Waals surface area contributed by atoms with E-state index >= 15 is 0 Å². The molecule has 0 aliphatic heterocycles. The Morgan fingerprint density at radius 3 is 2.30 bits per heavy atom. The number of rotatable bonds is 9. The van der Waals surface area contributed by atoms with Crippen LogP contribution in [0.2, 0.25) is 0 Å². The van der Waals surface area contributed by atoms with E-state index < -0.39 is 10.0 Å². The van der Waals surface area contributed by atoms with Crippen molar-refractivity contribution in [3.8, 4) is 0 Å². The van der Waals surface area contributed by atoms with E-state index in [0.717, 1.165) is 31.4 Å². The van der Waals surface area contributed by atoms with Crippen molar-refractivity contribution in [2.75, 3.05) is 13.1 Å². The fourth-order valence-corrected chi connectivity index (χ4v) is 2.88. The van der Waals surface area contributed by atoms with Crippen molar-refractivity contribution >= 4 is 10.0 Å². The number of nitrogens with one attached hydrogen (secondary N) is 2. The SMILES string of the molecule is CCCCNS(=O)(=O)c1ccc(CCNC(C)C)cc1. The van der Waals surface area contributed by atoms with E-state index in [1.165, 1.54) is 0 Å². The molecule has 0 saturated carbocycles. The number of benzene rings is 1. The third kappa shape index (κ3) is 6.03. The molecular formula is C15H26N2O2S. The van der Waals surface area contributed by atoms with E-state index in [4.69, 9.17) is 0 Å². The molecule has 4 nitrogen and oxygen atoms in total. The van der Waals surface area contributed by atoms with Crippen molar-refractivity contribution in [2.24, 2.45) is 0 Å². The molecule has 0 atom stereocenters. The monoisotopic (exact) mass is 298 g/mol. The van der Waals surface area contributed by atoms with E-state index in [0.29, 0.717) is 17.5 Å². The van der Waals surface area contributed by atoms with Crippen molar-refractivity contribution in [1.82, 2.24) is 10.0 Å². The van der Waals surface area contributed by atoms with Crippen molar-refractivity contribution in [2.45, 2.75) is 51.0 Å². The maximum absolute atomic E-state index is 12.0. The summed E-state index contributed by atoms with van der Waals surface area (Å²) in [4.78, 5) is 0.342. The Labute approximate surface area is 123 Å². The molecule has 0 bridgehead atoms. The number of unbranched alkanes of at least 4 members (excludes halogenated alkanes) is 1. The number of hydrogen-bond acceptors (Lipinski definition) is 3. The van der Waals surface area contributed by atoms with Crippen LogP contribution in [0.3, 0.4) is 0 Å². The molecule has 1 aromatic carbocycles. The van der Waals surface area contributed by atoms with Crippen LogP contribution < -0.4 is 10.0 Å². The average Bonchev–Trinajstić information content (AvgIpc) is 2.39. The van der Waals surface area contributed by atoms with Gasteiger partial charge in [0.05, 0.1) is 4.90 Å². The van der Waals surface area contributed by atoms with Crippen LogP contribution in [0, 0.1) is 0 Å². The van der Waals surface area contributed by atoms with Crippen LogP contribution in [0.25, 0.3) is 0 Å². The van der Waals surface area contributed by atoms with Gasteiger partial charge in [-0.15, -0.1) is 0 Å². The van der Waals surface area contributed by atoms with E-state index in [-0.39, 0.29) is 0 Å². The standard InChI is InChI=1S/C15H26N2O2S/c1-4-5-11-17-20(18,19)15-8-6-14(7-9-15)10-12-16-13(2)3/h6-9,13,16-17H,4-5,10-12H2,1-3H3. The summed E-state index contributed by atoms with van der Waals surface area (Å²) in [5.41, 5.74) is 1.14. The zero-order chi connectivity index (χ0) is 15.0.